The van der Waals surface area contributed by atoms with E-state index in [-0.39, 0.29) is 12.1 Å². The molecule has 1 N–H and O–H groups in total. The van der Waals surface area contributed by atoms with Gasteiger partial charge in [-0.3, -0.25) is 9.88 Å². The molecule has 0 radical (unpaired) electrons. The third-order valence-electron chi connectivity index (χ3n) is 4.69. The Balaban J connectivity index is 2.21. The van der Waals surface area contributed by atoms with Crippen molar-refractivity contribution >= 4 is 0 Å². The Labute approximate surface area is 126 Å². The molecule has 1 fully saturated rings. The average Bonchev–Trinajstić information content (AvgIpc) is 2.89. The van der Waals surface area contributed by atoms with Crippen molar-refractivity contribution in [1.29, 1.82) is 0 Å². The molecule has 2 atom stereocenters. The summed E-state index contributed by atoms with van der Waals surface area (Å²) in [4.78, 5) is 6.63. The Morgan fingerprint density at radius 3 is 2.71 bits per heavy atom. The monoisotopic (exact) mass is 294 g/mol. The summed E-state index contributed by atoms with van der Waals surface area (Å²) < 4.78 is 10.8. The highest BCUT2D eigenvalue weighted by atomic mass is 16.5. The molecule has 0 saturated heterocycles. The number of rotatable bonds is 6. The van der Waals surface area contributed by atoms with Gasteiger partial charge in [-0.25, -0.2) is 0 Å². The molecule has 1 heterocycles. The Morgan fingerprint density at radius 1 is 1.43 bits per heavy atom. The highest BCUT2D eigenvalue weighted by Crippen LogP contribution is 2.39. The predicted octanol–water partition coefficient (Wildman–Crippen LogP) is 2.08. The van der Waals surface area contributed by atoms with Gasteiger partial charge in [0.25, 0.3) is 0 Å². The number of ether oxygens (including phenoxy) is 2. The van der Waals surface area contributed by atoms with Gasteiger partial charge >= 0.3 is 0 Å². The van der Waals surface area contributed by atoms with Crippen LogP contribution in [-0.2, 0) is 6.54 Å². The van der Waals surface area contributed by atoms with Crippen LogP contribution in [0, 0.1) is 5.92 Å². The van der Waals surface area contributed by atoms with Crippen molar-refractivity contribution in [3.05, 3.63) is 18.0 Å². The quantitative estimate of drug-likeness (QED) is 0.870. The highest BCUT2D eigenvalue weighted by Gasteiger charge is 2.40. The first-order chi connectivity index (χ1) is 10.1. The normalized spacial score (nSPS) is 25.3. The molecule has 1 aliphatic carbocycles. The van der Waals surface area contributed by atoms with Crippen LogP contribution in [0.15, 0.2) is 12.3 Å². The van der Waals surface area contributed by atoms with Crippen molar-refractivity contribution in [3.63, 3.8) is 0 Å². The van der Waals surface area contributed by atoms with Gasteiger partial charge in [0.1, 0.15) is 5.69 Å². The van der Waals surface area contributed by atoms with E-state index in [9.17, 15) is 5.11 Å². The van der Waals surface area contributed by atoms with Gasteiger partial charge < -0.3 is 14.6 Å². The van der Waals surface area contributed by atoms with E-state index in [4.69, 9.17) is 9.47 Å². The van der Waals surface area contributed by atoms with Crippen molar-refractivity contribution in [2.75, 3.05) is 27.9 Å². The minimum atomic E-state index is -0.144. The molecule has 0 bridgehead atoms. The molecule has 118 valence electrons. The molecule has 1 saturated carbocycles. The Morgan fingerprint density at radius 2 is 2.19 bits per heavy atom. The number of nitrogens with zero attached hydrogens (tertiary/aromatic N) is 2. The Kier molecular flexibility index (Phi) is 5.06. The van der Waals surface area contributed by atoms with Crippen molar-refractivity contribution < 1.29 is 14.6 Å². The largest absolute Gasteiger partial charge is 0.493 e. The molecule has 0 spiro atoms. The van der Waals surface area contributed by atoms with Crippen LogP contribution >= 0.6 is 0 Å². The van der Waals surface area contributed by atoms with Gasteiger partial charge in [-0.1, -0.05) is 6.92 Å². The lowest BCUT2D eigenvalue weighted by Crippen LogP contribution is -2.47. The summed E-state index contributed by atoms with van der Waals surface area (Å²) in [5, 5.41) is 9.89. The van der Waals surface area contributed by atoms with Crippen molar-refractivity contribution in [2.45, 2.75) is 38.3 Å². The molecule has 2 rings (SSSR count). The summed E-state index contributed by atoms with van der Waals surface area (Å²) in [6.45, 7) is 3.06. The Bertz CT molecular complexity index is 481. The van der Waals surface area contributed by atoms with E-state index in [1.54, 1.807) is 26.5 Å². The van der Waals surface area contributed by atoms with Crippen LogP contribution < -0.4 is 9.47 Å². The van der Waals surface area contributed by atoms with Crippen molar-refractivity contribution in [3.8, 4) is 11.5 Å². The second-order valence-electron chi connectivity index (χ2n) is 6.08. The minimum Gasteiger partial charge on any atom is -0.493 e. The number of hydrogen-bond donors (Lipinski definition) is 1. The third kappa shape index (κ3) is 3.14. The summed E-state index contributed by atoms with van der Waals surface area (Å²) >= 11 is 0. The molecule has 0 unspecified atom stereocenters. The number of aliphatic hydroxyl groups is 1. The second kappa shape index (κ2) is 6.62. The fourth-order valence-electron chi connectivity index (χ4n) is 3.33. The summed E-state index contributed by atoms with van der Waals surface area (Å²) in [5.74, 6) is 2.01. The molecule has 0 aromatic carbocycles. The maximum Gasteiger partial charge on any atom is 0.183 e. The van der Waals surface area contributed by atoms with Gasteiger partial charge in [-0.2, -0.15) is 0 Å². The fraction of sp³-hybridized carbons (Fsp3) is 0.688. The van der Waals surface area contributed by atoms with Gasteiger partial charge in [0.2, 0.25) is 0 Å². The van der Waals surface area contributed by atoms with Crippen LogP contribution in [0.1, 0.15) is 31.9 Å². The van der Waals surface area contributed by atoms with Crippen molar-refractivity contribution in [2.24, 2.45) is 5.92 Å². The van der Waals surface area contributed by atoms with E-state index >= 15 is 0 Å². The average molecular weight is 294 g/mol. The number of pyridine rings is 1. The molecule has 1 aromatic rings. The number of hydrogen-bond acceptors (Lipinski definition) is 5. The molecule has 0 amide bonds. The lowest BCUT2D eigenvalue weighted by atomic mass is 9.95. The third-order valence-corrected chi connectivity index (χ3v) is 4.69. The van der Waals surface area contributed by atoms with Crippen LogP contribution in [-0.4, -0.2) is 48.4 Å². The number of likely N-dealkylation sites (N-methyl/N-ethyl adjacent to an activating group) is 1. The van der Waals surface area contributed by atoms with Crippen LogP contribution in [0.5, 0.6) is 11.5 Å². The molecule has 5 heteroatoms. The van der Waals surface area contributed by atoms with E-state index in [1.165, 1.54) is 0 Å². The van der Waals surface area contributed by atoms with E-state index in [2.05, 4.69) is 23.9 Å². The number of methoxy groups -OCH3 is 2. The molecular formula is C16H26N2O3. The molecular weight excluding hydrogens is 268 g/mol. The van der Waals surface area contributed by atoms with Crippen molar-refractivity contribution in [1.82, 2.24) is 9.88 Å². The van der Waals surface area contributed by atoms with Crippen LogP contribution in [0.3, 0.4) is 0 Å². The maximum absolute atomic E-state index is 9.89. The van der Waals surface area contributed by atoms with Gasteiger partial charge in [-0.05, 0) is 32.2 Å². The predicted molar refractivity (Wildman–Crippen MR) is 81.6 cm³/mol. The van der Waals surface area contributed by atoms with E-state index < -0.39 is 0 Å². The minimum absolute atomic E-state index is 0.144. The zero-order valence-electron chi connectivity index (χ0n) is 13.4. The SMILES string of the molecule is COc1ccnc(CN(C)[C@@]2(CO)CC[C@H](C)C2)c1OC. The number of aromatic nitrogens is 1. The first-order valence-corrected chi connectivity index (χ1v) is 7.44. The zero-order chi connectivity index (χ0) is 15.5. The second-order valence-corrected chi connectivity index (χ2v) is 6.08. The molecule has 0 aliphatic heterocycles. The first-order valence-electron chi connectivity index (χ1n) is 7.44. The lowest BCUT2D eigenvalue weighted by Gasteiger charge is -2.37. The lowest BCUT2D eigenvalue weighted by molar-refractivity contribution is 0.0442. The van der Waals surface area contributed by atoms with Crippen LogP contribution in [0.25, 0.3) is 0 Å². The van der Waals surface area contributed by atoms with Crippen LogP contribution in [0.2, 0.25) is 0 Å². The van der Waals surface area contributed by atoms with Crippen LogP contribution in [0.4, 0.5) is 0 Å². The van der Waals surface area contributed by atoms with E-state index in [0.717, 1.165) is 25.0 Å². The topological polar surface area (TPSA) is 54.8 Å². The zero-order valence-corrected chi connectivity index (χ0v) is 13.4. The van der Waals surface area contributed by atoms with E-state index in [1.807, 2.05) is 0 Å². The number of aliphatic hydroxyl groups excluding tert-OH is 1. The first kappa shape index (κ1) is 16.0. The fourth-order valence-corrected chi connectivity index (χ4v) is 3.33. The molecule has 21 heavy (non-hydrogen) atoms. The molecule has 1 aromatic heterocycles. The summed E-state index contributed by atoms with van der Waals surface area (Å²) in [6.07, 6.45) is 4.93. The summed E-state index contributed by atoms with van der Waals surface area (Å²) in [6, 6.07) is 1.79. The summed E-state index contributed by atoms with van der Waals surface area (Å²) in [7, 11) is 5.30. The highest BCUT2D eigenvalue weighted by molar-refractivity contribution is 5.42. The van der Waals surface area contributed by atoms with E-state index in [0.29, 0.717) is 24.0 Å². The summed E-state index contributed by atoms with van der Waals surface area (Å²) in [5.41, 5.74) is 0.696. The Hall–Kier alpha value is -1.33. The molecule has 5 nitrogen and oxygen atoms in total. The van der Waals surface area contributed by atoms with Gasteiger partial charge in [0.15, 0.2) is 11.5 Å². The van der Waals surface area contributed by atoms with Gasteiger partial charge in [0.05, 0.1) is 20.8 Å². The maximum atomic E-state index is 9.89. The molecule has 1 aliphatic rings. The van der Waals surface area contributed by atoms with Gasteiger partial charge in [-0.15, -0.1) is 0 Å². The standard InChI is InChI=1S/C16H26N2O3/c1-12-5-7-16(9-12,11-19)18(2)10-13-15(21-4)14(20-3)6-8-17-13/h6,8,12,19H,5,7,9-11H2,1-4H3/t12-,16-/m0/s1. The van der Waals surface area contributed by atoms with Gasteiger partial charge in [0, 0.05) is 24.3 Å². The smallest absolute Gasteiger partial charge is 0.183 e.